The van der Waals surface area contributed by atoms with Crippen molar-refractivity contribution in [2.24, 2.45) is 7.05 Å². The zero-order valence-corrected chi connectivity index (χ0v) is 9.65. The topological polar surface area (TPSA) is 64.1 Å². The van der Waals surface area contributed by atoms with Crippen LogP contribution in [-0.2, 0) is 7.05 Å². The molecule has 16 heavy (non-hydrogen) atoms. The third-order valence-electron chi connectivity index (χ3n) is 2.77. The Labute approximate surface area is 94.3 Å². The van der Waals surface area contributed by atoms with Crippen molar-refractivity contribution in [2.45, 2.75) is 13.8 Å². The second kappa shape index (κ2) is 3.56. The van der Waals surface area contributed by atoms with Crippen LogP contribution in [-0.4, -0.2) is 14.9 Å². The number of phenolic OH excluding ortho intramolecular Hbond substituents is 1. The molecule has 0 spiro atoms. The lowest BCUT2D eigenvalue weighted by molar-refractivity contribution is 0.474. The van der Waals surface area contributed by atoms with Crippen LogP contribution in [0.25, 0.3) is 11.1 Å². The molecule has 0 radical (unpaired) electrons. The van der Waals surface area contributed by atoms with Gasteiger partial charge in [0.2, 0.25) is 0 Å². The Bertz CT molecular complexity index is 520. The molecule has 0 fully saturated rings. The van der Waals surface area contributed by atoms with Crippen molar-refractivity contribution in [1.29, 1.82) is 0 Å². The number of aryl methyl sites for hydroxylation is 3. The molecule has 4 heteroatoms. The molecule has 0 aliphatic rings. The van der Waals surface area contributed by atoms with Gasteiger partial charge in [-0.15, -0.1) is 0 Å². The minimum atomic E-state index is 0.279. The number of hydrogen-bond acceptors (Lipinski definition) is 3. The van der Waals surface area contributed by atoms with Crippen molar-refractivity contribution in [1.82, 2.24) is 9.78 Å². The molecule has 1 heterocycles. The molecule has 3 N–H and O–H groups in total. The van der Waals surface area contributed by atoms with Gasteiger partial charge in [0.1, 0.15) is 11.6 Å². The first-order chi connectivity index (χ1) is 7.50. The van der Waals surface area contributed by atoms with Crippen LogP contribution in [0.3, 0.4) is 0 Å². The molecule has 0 saturated carbocycles. The standard InChI is InChI=1S/C12H15N3O/c1-7-4-9(16)5-8(2)11(7)10-6-14-15(3)12(10)13/h4-6,16H,13H2,1-3H3. The molecule has 0 unspecified atom stereocenters. The maximum atomic E-state index is 9.49. The van der Waals surface area contributed by atoms with Crippen molar-refractivity contribution in [2.75, 3.05) is 5.73 Å². The van der Waals surface area contributed by atoms with Crippen LogP contribution < -0.4 is 5.73 Å². The third kappa shape index (κ3) is 1.52. The van der Waals surface area contributed by atoms with Gasteiger partial charge in [0.15, 0.2) is 0 Å². The monoisotopic (exact) mass is 217 g/mol. The van der Waals surface area contributed by atoms with Gasteiger partial charge in [-0.25, -0.2) is 0 Å². The number of nitrogens with zero attached hydrogens (tertiary/aromatic N) is 2. The van der Waals surface area contributed by atoms with Gasteiger partial charge in [-0.05, 0) is 42.7 Å². The molecule has 0 amide bonds. The molecule has 1 aromatic heterocycles. The summed E-state index contributed by atoms with van der Waals surface area (Å²) in [5, 5.41) is 13.6. The van der Waals surface area contributed by atoms with Crippen molar-refractivity contribution in [3.05, 3.63) is 29.5 Å². The summed E-state index contributed by atoms with van der Waals surface area (Å²) in [6, 6.07) is 3.46. The number of nitrogens with two attached hydrogens (primary N) is 1. The van der Waals surface area contributed by atoms with Gasteiger partial charge in [-0.3, -0.25) is 4.68 Å². The fourth-order valence-corrected chi connectivity index (χ4v) is 2.01. The normalized spacial score (nSPS) is 10.7. The number of hydrogen-bond donors (Lipinski definition) is 2. The van der Waals surface area contributed by atoms with Crippen LogP contribution in [0.15, 0.2) is 18.3 Å². The van der Waals surface area contributed by atoms with Crippen molar-refractivity contribution in [3.63, 3.8) is 0 Å². The molecular weight excluding hydrogens is 202 g/mol. The van der Waals surface area contributed by atoms with Gasteiger partial charge in [0.25, 0.3) is 0 Å². The second-order valence-corrected chi connectivity index (χ2v) is 4.02. The van der Waals surface area contributed by atoms with Crippen molar-refractivity contribution >= 4 is 5.82 Å². The molecule has 0 atom stereocenters. The highest BCUT2D eigenvalue weighted by Crippen LogP contribution is 2.33. The number of benzene rings is 1. The molecule has 0 aliphatic carbocycles. The predicted octanol–water partition coefficient (Wildman–Crippen LogP) is 1.99. The Morgan fingerprint density at radius 2 is 1.81 bits per heavy atom. The summed E-state index contributed by atoms with van der Waals surface area (Å²) < 4.78 is 1.64. The SMILES string of the molecule is Cc1cc(O)cc(C)c1-c1cnn(C)c1N. The van der Waals surface area contributed by atoms with E-state index >= 15 is 0 Å². The number of nitrogen functional groups attached to an aromatic ring is 1. The minimum Gasteiger partial charge on any atom is -0.508 e. The van der Waals surface area contributed by atoms with Crippen molar-refractivity contribution < 1.29 is 5.11 Å². The van der Waals surface area contributed by atoms with Crippen LogP contribution in [0, 0.1) is 13.8 Å². The van der Waals surface area contributed by atoms with Crippen molar-refractivity contribution in [3.8, 4) is 16.9 Å². The van der Waals surface area contributed by atoms with E-state index in [0.29, 0.717) is 5.82 Å². The fraction of sp³-hybridized carbons (Fsp3) is 0.250. The molecule has 0 aliphatic heterocycles. The van der Waals surface area contributed by atoms with E-state index in [1.54, 1.807) is 23.0 Å². The lowest BCUT2D eigenvalue weighted by Gasteiger charge is -2.09. The van der Waals surface area contributed by atoms with E-state index in [1.165, 1.54) is 0 Å². The third-order valence-corrected chi connectivity index (χ3v) is 2.77. The van der Waals surface area contributed by atoms with Crippen LogP contribution >= 0.6 is 0 Å². The Hall–Kier alpha value is -1.97. The predicted molar refractivity (Wildman–Crippen MR) is 64.2 cm³/mol. The summed E-state index contributed by atoms with van der Waals surface area (Å²) in [6.45, 7) is 3.91. The van der Waals surface area contributed by atoms with E-state index in [4.69, 9.17) is 5.73 Å². The summed E-state index contributed by atoms with van der Waals surface area (Å²) in [4.78, 5) is 0. The lowest BCUT2D eigenvalue weighted by Crippen LogP contribution is -1.99. The van der Waals surface area contributed by atoms with E-state index in [0.717, 1.165) is 22.3 Å². The van der Waals surface area contributed by atoms with E-state index in [1.807, 2.05) is 20.9 Å². The Morgan fingerprint density at radius 3 is 2.25 bits per heavy atom. The van der Waals surface area contributed by atoms with E-state index in [2.05, 4.69) is 5.10 Å². The highest BCUT2D eigenvalue weighted by atomic mass is 16.3. The number of anilines is 1. The zero-order chi connectivity index (χ0) is 11.9. The number of rotatable bonds is 1. The fourth-order valence-electron chi connectivity index (χ4n) is 2.01. The molecule has 84 valence electrons. The highest BCUT2D eigenvalue weighted by Gasteiger charge is 2.13. The average molecular weight is 217 g/mol. The summed E-state index contributed by atoms with van der Waals surface area (Å²) in [6.07, 6.45) is 1.75. The van der Waals surface area contributed by atoms with Crippen LogP contribution in [0.1, 0.15) is 11.1 Å². The summed E-state index contributed by atoms with van der Waals surface area (Å²) in [7, 11) is 1.81. The quantitative estimate of drug-likeness (QED) is 0.767. The summed E-state index contributed by atoms with van der Waals surface area (Å²) >= 11 is 0. The van der Waals surface area contributed by atoms with Gasteiger partial charge in [-0.2, -0.15) is 5.10 Å². The van der Waals surface area contributed by atoms with Crippen LogP contribution in [0.5, 0.6) is 5.75 Å². The number of aromatic nitrogens is 2. The van der Waals surface area contributed by atoms with E-state index in [-0.39, 0.29) is 5.75 Å². The molecule has 0 bridgehead atoms. The average Bonchev–Trinajstić information content (AvgIpc) is 2.48. The molecule has 0 saturated heterocycles. The summed E-state index contributed by atoms with van der Waals surface area (Å²) in [5.41, 5.74) is 9.90. The second-order valence-electron chi connectivity index (χ2n) is 4.02. The lowest BCUT2D eigenvalue weighted by atomic mass is 9.97. The molecule has 2 rings (SSSR count). The Balaban J connectivity index is 2.69. The smallest absolute Gasteiger partial charge is 0.129 e. The summed E-state index contributed by atoms with van der Waals surface area (Å²) in [5.74, 6) is 0.915. The maximum Gasteiger partial charge on any atom is 0.129 e. The first-order valence-electron chi connectivity index (χ1n) is 5.08. The Kier molecular flexibility index (Phi) is 2.34. The van der Waals surface area contributed by atoms with E-state index < -0.39 is 0 Å². The molecule has 1 aromatic carbocycles. The van der Waals surface area contributed by atoms with Gasteiger partial charge >= 0.3 is 0 Å². The maximum absolute atomic E-state index is 9.49. The van der Waals surface area contributed by atoms with Crippen LogP contribution in [0.2, 0.25) is 0 Å². The van der Waals surface area contributed by atoms with Gasteiger partial charge < -0.3 is 10.8 Å². The molecular formula is C12H15N3O. The minimum absolute atomic E-state index is 0.279. The van der Waals surface area contributed by atoms with Crippen LogP contribution in [0.4, 0.5) is 5.82 Å². The Morgan fingerprint density at radius 1 is 1.25 bits per heavy atom. The molecule has 2 aromatic rings. The van der Waals surface area contributed by atoms with Gasteiger partial charge in [0, 0.05) is 12.6 Å². The van der Waals surface area contributed by atoms with Gasteiger partial charge in [-0.1, -0.05) is 0 Å². The first kappa shape index (κ1) is 10.5. The number of aromatic hydroxyl groups is 1. The highest BCUT2D eigenvalue weighted by molar-refractivity contribution is 5.79. The molecule has 4 nitrogen and oxygen atoms in total. The largest absolute Gasteiger partial charge is 0.508 e. The zero-order valence-electron chi connectivity index (χ0n) is 9.65. The van der Waals surface area contributed by atoms with Gasteiger partial charge in [0.05, 0.1) is 6.20 Å². The number of phenols is 1. The van der Waals surface area contributed by atoms with E-state index in [9.17, 15) is 5.11 Å². The first-order valence-corrected chi connectivity index (χ1v) is 5.08.